The Balaban J connectivity index is 2.67. The number of imidazole rings is 1. The maximum absolute atomic E-state index is 11.7. The predicted molar refractivity (Wildman–Crippen MR) is 78.7 cm³/mol. The van der Waals surface area contributed by atoms with E-state index in [1.807, 2.05) is 6.92 Å². The number of methoxy groups -OCH3 is 1. The summed E-state index contributed by atoms with van der Waals surface area (Å²) in [4.78, 5) is 15.9. The summed E-state index contributed by atoms with van der Waals surface area (Å²) in [5.41, 5.74) is 6.70. The van der Waals surface area contributed by atoms with Gasteiger partial charge in [-0.05, 0) is 18.2 Å². The molecule has 0 saturated carbocycles. The number of carbonyl (C=O) groups excluding carboxylic acids is 1. The van der Waals surface area contributed by atoms with Crippen molar-refractivity contribution in [3.05, 3.63) is 39.8 Å². The lowest BCUT2D eigenvalue weighted by molar-refractivity contribution is 0.0596. The van der Waals surface area contributed by atoms with Crippen LogP contribution in [-0.2, 0) is 11.2 Å². The Labute approximate surface area is 126 Å². The van der Waals surface area contributed by atoms with Crippen LogP contribution in [0, 0.1) is 0 Å². The molecule has 1 heterocycles. The summed E-state index contributed by atoms with van der Waals surface area (Å²) in [6.45, 7) is 1.91. The number of rotatable bonds is 3. The van der Waals surface area contributed by atoms with E-state index in [2.05, 4.69) is 9.72 Å². The first kappa shape index (κ1) is 14.7. The minimum absolute atomic E-state index is 0.0790. The molecule has 0 amide bonds. The largest absolute Gasteiger partial charge is 0.464 e. The molecule has 0 atom stereocenters. The number of anilines is 1. The Morgan fingerprint density at radius 2 is 2.15 bits per heavy atom. The van der Waals surface area contributed by atoms with Gasteiger partial charge in [0.1, 0.15) is 11.6 Å². The second-order valence-corrected chi connectivity index (χ2v) is 4.88. The first-order valence-corrected chi connectivity index (χ1v) is 6.66. The van der Waals surface area contributed by atoms with E-state index < -0.39 is 5.97 Å². The highest BCUT2D eigenvalue weighted by atomic mass is 35.5. The van der Waals surface area contributed by atoms with E-state index in [-0.39, 0.29) is 11.5 Å². The molecule has 1 aromatic carbocycles. The lowest BCUT2D eigenvalue weighted by Gasteiger charge is -2.11. The van der Waals surface area contributed by atoms with E-state index >= 15 is 0 Å². The Morgan fingerprint density at radius 3 is 2.70 bits per heavy atom. The van der Waals surface area contributed by atoms with Crippen LogP contribution < -0.4 is 5.73 Å². The van der Waals surface area contributed by atoms with Crippen LogP contribution in [0.1, 0.15) is 23.2 Å². The van der Waals surface area contributed by atoms with Crippen molar-refractivity contribution in [2.75, 3.05) is 12.8 Å². The molecule has 0 saturated heterocycles. The highest BCUT2D eigenvalue weighted by molar-refractivity contribution is 6.35. The molecule has 0 fully saturated rings. The minimum atomic E-state index is -0.582. The summed E-state index contributed by atoms with van der Waals surface area (Å²) in [5, 5.41) is 0.941. The highest BCUT2D eigenvalue weighted by Gasteiger charge is 2.22. The van der Waals surface area contributed by atoms with Crippen LogP contribution in [0.2, 0.25) is 10.0 Å². The number of carbonyl (C=O) groups is 1. The monoisotopic (exact) mass is 313 g/mol. The van der Waals surface area contributed by atoms with Gasteiger partial charge in [0.25, 0.3) is 0 Å². The van der Waals surface area contributed by atoms with Gasteiger partial charge < -0.3 is 10.5 Å². The van der Waals surface area contributed by atoms with Crippen LogP contribution in [0.15, 0.2) is 18.2 Å². The third kappa shape index (κ3) is 2.46. The normalized spacial score (nSPS) is 10.6. The quantitative estimate of drug-likeness (QED) is 0.884. The Bertz CT molecular complexity index is 668. The van der Waals surface area contributed by atoms with Crippen LogP contribution >= 0.6 is 23.2 Å². The number of esters is 1. The first-order chi connectivity index (χ1) is 9.49. The standard InChI is InChI=1S/C13H13Cl2N3O2/c1-3-10-17-11(13(19)20-2)12(16)18(10)9-5-4-7(14)6-8(9)15/h4-6H,3,16H2,1-2H3. The molecule has 5 nitrogen and oxygen atoms in total. The molecule has 0 aliphatic rings. The fraction of sp³-hybridized carbons (Fsp3) is 0.231. The summed E-state index contributed by atoms with van der Waals surface area (Å²) in [6.07, 6.45) is 0.583. The van der Waals surface area contributed by atoms with Gasteiger partial charge in [0.05, 0.1) is 17.8 Å². The molecule has 0 bridgehead atoms. The molecule has 0 radical (unpaired) electrons. The second-order valence-electron chi connectivity index (χ2n) is 4.04. The summed E-state index contributed by atoms with van der Waals surface area (Å²) in [6, 6.07) is 5.03. The zero-order valence-electron chi connectivity index (χ0n) is 11.0. The van der Waals surface area contributed by atoms with E-state index in [1.54, 1.807) is 22.8 Å². The van der Waals surface area contributed by atoms with Gasteiger partial charge in [0.15, 0.2) is 5.69 Å². The smallest absolute Gasteiger partial charge is 0.360 e. The van der Waals surface area contributed by atoms with Crippen molar-refractivity contribution in [2.45, 2.75) is 13.3 Å². The fourth-order valence-corrected chi connectivity index (χ4v) is 2.39. The lowest BCUT2D eigenvalue weighted by Crippen LogP contribution is -2.08. The number of aryl methyl sites for hydroxylation is 1. The number of ether oxygens (including phenoxy) is 1. The number of nitrogen functional groups attached to an aromatic ring is 1. The van der Waals surface area contributed by atoms with Crippen LogP contribution in [0.4, 0.5) is 5.82 Å². The molecule has 0 aliphatic carbocycles. The number of benzene rings is 1. The van der Waals surface area contributed by atoms with Crippen LogP contribution in [-0.4, -0.2) is 22.6 Å². The average molecular weight is 314 g/mol. The summed E-state index contributed by atoms with van der Waals surface area (Å²) >= 11 is 12.1. The highest BCUT2D eigenvalue weighted by Crippen LogP contribution is 2.29. The van der Waals surface area contributed by atoms with E-state index in [9.17, 15) is 4.79 Å². The number of nitrogens with two attached hydrogens (primary N) is 1. The van der Waals surface area contributed by atoms with Gasteiger partial charge in [-0.1, -0.05) is 30.1 Å². The Kier molecular flexibility index (Phi) is 4.20. The number of halogens is 2. The molecule has 20 heavy (non-hydrogen) atoms. The zero-order valence-corrected chi connectivity index (χ0v) is 12.5. The van der Waals surface area contributed by atoms with E-state index in [0.717, 1.165) is 0 Å². The molecule has 0 spiro atoms. The zero-order chi connectivity index (χ0) is 14.9. The Morgan fingerprint density at radius 1 is 1.45 bits per heavy atom. The molecule has 0 aliphatic heterocycles. The van der Waals surface area contributed by atoms with Gasteiger partial charge in [-0.25, -0.2) is 9.78 Å². The number of nitrogens with zero attached hydrogens (tertiary/aromatic N) is 2. The fourth-order valence-electron chi connectivity index (χ4n) is 1.90. The lowest BCUT2D eigenvalue weighted by atomic mass is 10.3. The van der Waals surface area contributed by atoms with Gasteiger partial charge in [-0.3, -0.25) is 4.57 Å². The maximum Gasteiger partial charge on any atom is 0.360 e. The predicted octanol–water partition coefficient (Wildman–Crippen LogP) is 3.11. The van der Waals surface area contributed by atoms with Crippen molar-refractivity contribution in [2.24, 2.45) is 0 Å². The number of aromatic nitrogens is 2. The molecule has 7 heteroatoms. The van der Waals surface area contributed by atoms with Crippen LogP contribution in [0.3, 0.4) is 0 Å². The molecule has 0 unspecified atom stereocenters. The van der Waals surface area contributed by atoms with Crippen molar-refractivity contribution in [3.8, 4) is 5.69 Å². The van der Waals surface area contributed by atoms with Gasteiger partial charge in [-0.15, -0.1) is 0 Å². The first-order valence-electron chi connectivity index (χ1n) is 5.90. The summed E-state index contributed by atoms with van der Waals surface area (Å²) < 4.78 is 6.30. The van der Waals surface area contributed by atoms with Gasteiger partial charge in [0.2, 0.25) is 0 Å². The molecule has 1 aromatic heterocycles. The topological polar surface area (TPSA) is 70.1 Å². The summed E-state index contributed by atoms with van der Waals surface area (Å²) in [7, 11) is 1.28. The van der Waals surface area contributed by atoms with Gasteiger partial charge in [0, 0.05) is 11.4 Å². The molecule has 106 valence electrons. The molecular formula is C13H13Cl2N3O2. The number of hydrogen-bond donors (Lipinski definition) is 1. The third-order valence-electron chi connectivity index (χ3n) is 2.83. The maximum atomic E-state index is 11.7. The van der Waals surface area contributed by atoms with Crippen molar-refractivity contribution in [1.82, 2.24) is 9.55 Å². The second kappa shape index (κ2) is 5.73. The summed E-state index contributed by atoms with van der Waals surface area (Å²) in [5.74, 6) is 0.228. The van der Waals surface area contributed by atoms with Crippen molar-refractivity contribution >= 4 is 35.0 Å². The van der Waals surface area contributed by atoms with Crippen molar-refractivity contribution in [1.29, 1.82) is 0 Å². The van der Waals surface area contributed by atoms with Gasteiger partial charge in [-0.2, -0.15) is 0 Å². The minimum Gasteiger partial charge on any atom is -0.464 e. The molecule has 2 rings (SSSR count). The van der Waals surface area contributed by atoms with Crippen LogP contribution in [0.5, 0.6) is 0 Å². The molecule has 2 N–H and O–H groups in total. The number of hydrogen-bond acceptors (Lipinski definition) is 4. The van der Waals surface area contributed by atoms with Gasteiger partial charge >= 0.3 is 5.97 Å². The van der Waals surface area contributed by atoms with Crippen LogP contribution in [0.25, 0.3) is 5.69 Å². The van der Waals surface area contributed by atoms with Crippen molar-refractivity contribution < 1.29 is 9.53 Å². The third-order valence-corrected chi connectivity index (χ3v) is 3.37. The SMILES string of the molecule is CCc1nc(C(=O)OC)c(N)n1-c1ccc(Cl)cc1Cl. The van der Waals surface area contributed by atoms with E-state index in [0.29, 0.717) is 28.0 Å². The van der Waals surface area contributed by atoms with Crippen molar-refractivity contribution in [3.63, 3.8) is 0 Å². The van der Waals surface area contributed by atoms with E-state index in [4.69, 9.17) is 28.9 Å². The Hall–Kier alpha value is -1.72. The van der Waals surface area contributed by atoms with E-state index in [1.165, 1.54) is 7.11 Å². The average Bonchev–Trinajstić information content (AvgIpc) is 2.75. The molecule has 2 aromatic rings. The molecular weight excluding hydrogens is 301 g/mol.